The van der Waals surface area contributed by atoms with Crippen LogP contribution in [0.5, 0.6) is 0 Å². The van der Waals surface area contributed by atoms with Crippen LogP contribution in [0, 0.1) is 12.2 Å². The number of carbonyl (C=O) groups is 2. The van der Waals surface area contributed by atoms with E-state index >= 15 is 0 Å². The highest BCUT2D eigenvalue weighted by Crippen LogP contribution is 2.25. The number of benzene rings is 2. The van der Waals surface area contributed by atoms with E-state index < -0.39 is 23.7 Å². The molecule has 25 heavy (non-hydrogen) atoms. The van der Waals surface area contributed by atoms with Gasteiger partial charge in [-0.05, 0) is 35.2 Å². The maximum Gasteiger partial charge on any atom is 0.248 e. The summed E-state index contributed by atoms with van der Waals surface area (Å²) < 4.78 is 13.2. The molecular weight excluding hydrogens is 347 g/mol. The summed E-state index contributed by atoms with van der Waals surface area (Å²) in [6.07, 6.45) is 0.375. The Morgan fingerprint density at radius 3 is 2.44 bits per heavy atom. The quantitative estimate of drug-likeness (QED) is 0.701. The van der Waals surface area contributed by atoms with Crippen molar-refractivity contribution in [2.24, 2.45) is 5.73 Å². The second-order valence-corrected chi connectivity index (χ2v) is 5.80. The van der Waals surface area contributed by atoms with Gasteiger partial charge in [-0.3, -0.25) is 9.59 Å². The molecule has 1 unspecified atom stereocenters. The standard InChI is InChI=1S/C18H17ClFN2O3/c19-14-9-13(6-7-15(14)20)12-4-1-11(2-5-12)3-8-17(24)22-10-16(23)18(21)25/h1-2,4-9,16,23H,3,10H2,(H2,21,25)(H,22,24). The van der Waals surface area contributed by atoms with Crippen molar-refractivity contribution in [1.29, 1.82) is 0 Å². The molecule has 2 amide bonds. The Morgan fingerprint density at radius 1 is 1.20 bits per heavy atom. The highest BCUT2D eigenvalue weighted by molar-refractivity contribution is 6.31. The predicted octanol–water partition coefficient (Wildman–Crippen LogP) is 1.86. The third kappa shape index (κ3) is 5.55. The third-order valence-corrected chi connectivity index (χ3v) is 3.82. The largest absolute Gasteiger partial charge is 0.381 e. The monoisotopic (exact) mass is 363 g/mol. The lowest BCUT2D eigenvalue weighted by atomic mass is 10.0. The Kier molecular flexibility index (Phi) is 6.50. The van der Waals surface area contributed by atoms with Crippen molar-refractivity contribution in [2.75, 3.05) is 6.54 Å². The van der Waals surface area contributed by atoms with Crippen molar-refractivity contribution in [3.05, 3.63) is 65.3 Å². The minimum absolute atomic E-state index is 0.0599. The van der Waals surface area contributed by atoms with Gasteiger partial charge in [-0.1, -0.05) is 41.9 Å². The number of primary amides is 1. The summed E-state index contributed by atoms with van der Waals surface area (Å²) >= 11 is 5.78. The van der Waals surface area contributed by atoms with E-state index in [1.165, 1.54) is 12.5 Å². The van der Waals surface area contributed by atoms with E-state index in [0.717, 1.165) is 16.7 Å². The summed E-state index contributed by atoms with van der Waals surface area (Å²) in [5, 5.41) is 11.6. The second-order valence-electron chi connectivity index (χ2n) is 5.40. The minimum atomic E-state index is -1.40. The summed E-state index contributed by atoms with van der Waals surface area (Å²) in [5.74, 6) is -1.77. The molecule has 0 aromatic heterocycles. The Hall–Kier alpha value is -2.44. The molecule has 0 aliphatic rings. The van der Waals surface area contributed by atoms with Crippen LogP contribution in [-0.2, 0) is 16.0 Å². The zero-order valence-electron chi connectivity index (χ0n) is 13.2. The normalized spacial score (nSPS) is 11.8. The van der Waals surface area contributed by atoms with E-state index in [-0.39, 0.29) is 11.6 Å². The van der Waals surface area contributed by atoms with Crippen molar-refractivity contribution in [3.63, 3.8) is 0 Å². The van der Waals surface area contributed by atoms with Gasteiger partial charge in [-0.2, -0.15) is 0 Å². The van der Waals surface area contributed by atoms with Crippen LogP contribution in [-0.4, -0.2) is 29.6 Å². The van der Waals surface area contributed by atoms with Gasteiger partial charge in [0.1, 0.15) is 11.9 Å². The van der Waals surface area contributed by atoms with E-state index in [9.17, 15) is 19.1 Å². The maximum atomic E-state index is 13.2. The zero-order chi connectivity index (χ0) is 18.4. The Labute approximate surface area is 149 Å². The number of amides is 2. The second kappa shape index (κ2) is 8.60. The van der Waals surface area contributed by atoms with Gasteiger partial charge in [0, 0.05) is 0 Å². The SMILES string of the molecule is NC(=O)C(O)CNC(=O)[CH]Cc1ccc(-c2ccc(F)c(Cl)c2)cc1. The van der Waals surface area contributed by atoms with Gasteiger partial charge in [0.25, 0.3) is 0 Å². The fourth-order valence-electron chi connectivity index (χ4n) is 2.09. The molecule has 2 rings (SSSR count). The number of aliphatic hydroxyl groups is 1. The van der Waals surface area contributed by atoms with E-state index in [2.05, 4.69) is 5.32 Å². The van der Waals surface area contributed by atoms with Gasteiger partial charge in [0.05, 0.1) is 18.0 Å². The molecule has 1 atom stereocenters. The minimum Gasteiger partial charge on any atom is -0.381 e. The molecule has 0 heterocycles. The fraction of sp³-hybridized carbons (Fsp3) is 0.167. The van der Waals surface area contributed by atoms with Crippen molar-refractivity contribution >= 4 is 23.4 Å². The number of nitrogens with one attached hydrogen (secondary N) is 1. The smallest absolute Gasteiger partial charge is 0.248 e. The first-order valence-corrected chi connectivity index (χ1v) is 7.87. The summed E-state index contributed by atoms with van der Waals surface area (Å²) in [6.45, 7) is -0.227. The molecule has 0 saturated carbocycles. The van der Waals surface area contributed by atoms with Crippen molar-refractivity contribution in [3.8, 4) is 11.1 Å². The van der Waals surface area contributed by atoms with Crippen LogP contribution in [0.4, 0.5) is 4.39 Å². The first-order valence-electron chi connectivity index (χ1n) is 7.49. The first kappa shape index (κ1) is 18.9. The number of nitrogens with two attached hydrogens (primary N) is 1. The third-order valence-electron chi connectivity index (χ3n) is 3.53. The van der Waals surface area contributed by atoms with Crippen LogP contribution in [0.1, 0.15) is 5.56 Å². The molecule has 0 aliphatic heterocycles. The molecule has 5 nitrogen and oxygen atoms in total. The lowest BCUT2D eigenvalue weighted by Gasteiger charge is -2.08. The van der Waals surface area contributed by atoms with Crippen LogP contribution in [0.2, 0.25) is 5.02 Å². The van der Waals surface area contributed by atoms with Crippen molar-refractivity contribution in [1.82, 2.24) is 5.32 Å². The van der Waals surface area contributed by atoms with Crippen LogP contribution < -0.4 is 11.1 Å². The van der Waals surface area contributed by atoms with Crippen LogP contribution in [0.25, 0.3) is 11.1 Å². The molecule has 4 N–H and O–H groups in total. The number of hydrogen-bond acceptors (Lipinski definition) is 3. The molecule has 1 radical (unpaired) electrons. The highest BCUT2D eigenvalue weighted by Gasteiger charge is 2.12. The number of rotatable bonds is 7. The Bertz CT molecular complexity index is 765. The Morgan fingerprint density at radius 2 is 1.84 bits per heavy atom. The van der Waals surface area contributed by atoms with E-state index in [1.54, 1.807) is 12.1 Å². The lowest BCUT2D eigenvalue weighted by Crippen LogP contribution is -2.40. The maximum absolute atomic E-state index is 13.2. The van der Waals surface area contributed by atoms with E-state index in [4.69, 9.17) is 17.3 Å². The molecule has 0 bridgehead atoms. The van der Waals surface area contributed by atoms with Gasteiger partial charge in [-0.25, -0.2) is 4.39 Å². The van der Waals surface area contributed by atoms with Crippen molar-refractivity contribution < 1.29 is 19.1 Å². The molecule has 0 fully saturated rings. The number of carbonyl (C=O) groups excluding carboxylic acids is 2. The highest BCUT2D eigenvalue weighted by atomic mass is 35.5. The topological polar surface area (TPSA) is 92.4 Å². The predicted molar refractivity (Wildman–Crippen MR) is 93.1 cm³/mol. The molecule has 2 aromatic rings. The lowest BCUT2D eigenvalue weighted by molar-refractivity contribution is -0.126. The number of aliphatic hydroxyl groups excluding tert-OH is 1. The summed E-state index contributed by atoms with van der Waals surface area (Å²) in [5.41, 5.74) is 7.45. The van der Waals surface area contributed by atoms with Crippen LogP contribution in [0.3, 0.4) is 0 Å². The first-order chi connectivity index (χ1) is 11.9. The molecule has 0 aliphatic carbocycles. The fourth-order valence-corrected chi connectivity index (χ4v) is 2.27. The van der Waals surface area contributed by atoms with Gasteiger partial charge in [0.2, 0.25) is 11.8 Å². The van der Waals surface area contributed by atoms with Crippen molar-refractivity contribution in [2.45, 2.75) is 12.5 Å². The summed E-state index contributed by atoms with van der Waals surface area (Å²) in [7, 11) is 0. The molecule has 2 aromatic carbocycles. The van der Waals surface area contributed by atoms with E-state index in [1.807, 2.05) is 24.3 Å². The molecular formula is C18H17ClFN2O3. The number of hydrogen-bond donors (Lipinski definition) is 3. The van der Waals surface area contributed by atoms with Gasteiger partial charge in [-0.15, -0.1) is 0 Å². The van der Waals surface area contributed by atoms with E-state index in [0.29, 0.717) is 6.42 Å². The zero-order valence-corrected chi connectivity index (χ0v) is 14.0. The van der Waals surface area contributed by atoms with Crippen LogP contribution in [0.15, 0.2) is 42.5 Å². The summed E-state index contributed by atoms with van der Waals surface area (Å²) in [4.78, 5) is 22.3. The summed E-state index contributed by atoms with van der Waals surface area (Å²) in [6, 6.07) is 11.9. The van der Waals surface area contributed by atoms with Gasteiger partial charge >= 0.3 is 0 Å². The van der Waals surface area contributed by atoms with Gasteiger partial charge in [0.15, 0.2) is 0 Å². The molecule has 131 valence electrons. The van der Waals surface area contributed by atoms with Crippen LogP contribution >= 0.6 is 11.6 Å². The average Bonchev–Trinajstić information content (AvgIpc) is 2.60. The molecule has 7 heteroatoms. The average molecular weight is 364 g/mol. The number of halogens is 2. The Balaban J connectivity index is 1.89. The van der Waals surface area contributed by atoms with Gasteiger partial charge < -0.3 is 16.2 Å². The molecule has 0 saturated heterocycles. The molecule has 0 spiro atoms.